The van der Waals surface area contributed by atoms with Gasteiger partial charge in [-0.2, -0.15) is 0 Å². The molecule has 18 heavy (non-hydrogen) atoms. The zero-order valence-electron chi connectivity index (χ0n) is 11.4. The third kappa shape index (κ3) is 2.29. The van der Waals surface area contributed by atoms with Crippen molar-refractivity contribution in [2.45, 2.75) is 46.2 Å². The molecule has 0 bridgehead atoms. The van der Waals surface area contributed by atoms with Gasteiger partial charge in [-0.1, -0.05) is 6.92 Å². The molecule has 1 aromatic heterocycles. The van der Waals surface area contributed by atoms with Gasteiger partial charge >= 0.3 is 5.97 Å². The first kappa shape index (κ1) is 13.1. The van der Waals surface area contributed by atoms with Gasteiger partial charge in [-0.25, -0.2) is 4.79 Å². The van der Waals surface area contributed by atoms with Gasteiger partial charge in [0, 0.05) is 24.0 Å². The monoisotopic (exact) mass is 250 g/mol. The van der Waals surface area contributed by atoms with Crippen LogP contribution in [0.3, 0.4) is 0 Å². The van der Waals surface area contributed by atoms with Gasteiger partial charge in [-0.15, -0.1) is 0 Å². The summed E-state index contributed by atoms with van der Waals surface area (Å²) in [5.74, 6) is -0.826. The molecule has 100 valence electrons. The molecule has 1 aliphatic rings. The van der Waals surface area contributed by atoms with Crippen LogP contribution in [0.1, 0.15) is 41.5 Å². The van der Waals surface area contributed by atoms with Crippen molar-refractivity contribution in [2.24, 2.45) is 0 Å². The Hall–Kier alpha value is -1.29. The third-order valence-corrected chi connectivity index (χ3v) is 4.10. The van der Waals surface area contributed by atoms with E-state index in [0.717, 1.165) is 24.5 Å². The van der Waals surface area contributed by atoms with E-state index in [1.54, 1.807) is 6.07 Å². The van der Waals surface area contributed by atoms with Crippen LogP contribution in [0.4, 0.5) is 0 Å². The van der Waals surface area contributed by atoms with Crippen LogP contribution < -0.4 is 0 Å². The summed E-state index contributed by atoms with van der Waals surface area (Å²) in [6, 6.07) is 2.34. The highest BCUT2D eigenvalue weighted by Gasteiger charge is 2.25. The fourth-order valence-electron chi connectivity index (χ4n) is 3.03. The van der Waals surface area contributed by atoms with Crippen molar-refractivity contribution in [2.75, 3.05) is 13.1 Å². The van der Waals surface area contributed by atoms with Gasteiger partial charge in [-0.3, -0.25) is 4.90 Å². The Bertz CT molecular complexity index is 451. The number of carbonyl (C=O) groups is 1. The normalized spacial score (nSPS) is 20.5. The van der Waals surface area contributed by atoms with Crippen LogP contribution in [-0.4, -0.2) is 39.7 Å². The predicted molar refractivity (Wildman–Crippen MR) is 71.1 cm³/mol. The molecule has 0 radical (unpaired) electrons. The fourth-order valence-corrected chi connectivity index (χ4v) is 3.03. The van der Waals surface area contributed by atoms with Gasteiger partial charge in [0.05, 0.1) is 5.56 Å². The lowest BCUT2D eigenvalue weighted by Crippen LogP contribution is -2.33. The average Bonchev–Trinajstić information content (AvgIpc) is 2.88. The van der Waals surface area contributed by atoms with E-state index in [0.29, 0.717) is 11.6 Å². The summed E-state index contributed by atoms with van der Waals surface area (Å²) in [7, 11) is 0. The number of nitrogens with zero attached hydrogens (tertiary/aromatic N) is 2. The first-order chi connectivity index (χ1) is 8.54. The van der Waals surface area contributed by atoms with Gasteiger partial charge < -0.3 is 9.67 Å². The van der Waals surface area contributed by atoms with E-state index in [1.165, 1.54) is 19.4 Å². The highest BCUT2D eigenvalue weighted by molar-refractivity contribution is 5.89. The first-order valence-corrected chi connectivity index (χ1v) is 6.68. The van der Waals surface area contributed by atoms with E-state index in [1.807, 2.05) is 13.8 Å². The molecule has 1 fully saturated rings. The van der Waals surface area contributed by atoms with Crippen molar-refractivity contribution in [1.82, 2.24) is 9.47 Å². The number of aryl methyl sites for hydroxylation is 1. The molecule has 2 rings (SSSR count). The predicted octanol–water partition coefficient (Wildman–Crippen LogP) is 2.29. The van der Waals surface area contributed by atoms with E-state index in [-0.39, 0.29) is 0 Å². The summed E-state index contributed by atoms with van der Waals surface area (Å²) in [6.07, 6.45) is 2.47. The van der Waals surface area contributed by atoms with E-state index in [9.17, 15) is 4.79 Å². The Morgan fingerprint density at radius 1 is 1.50 bits per heavy atom. The van der Waals surface area contributed by atoms with Crippen LogP contribution in [0.25, 0.3) is 0 Å². The molecule has 1 aliphatic heterocycles. The lowest BCUT2D eigenvalue weighted by atomic mass is 10.2. The van der Waals surface area contributed by atoms with Gasteiger partial charge in [0.25, 0.3) is 0 Å². The minimum atomic E-state index is -0.826. The summed E-state index contributed by atoms with van der Waals surface area (Å²) in [5, 5.41) is 9.14. The van der Waals surface area contributed by atoms with E-state index in [2.05, 4.69) is 16.4 Å². The fraction of sp³-hybridized carbons (Fsp3) is 0.643. The van der Waals surface area contributed by atoms with E-state index in [4.69, 9.17) is 5.11 Å². The maximum absolute atomic E-state index is 11.1. The van der Waals surface area contributed by atoms with Crippen molar-refractivity contribution in [3.8, 4) is 0 Å². The second kappa shape index (κ2) is 5.14. The third-order valence-electron chi connectivity index (χ3n) is 4.10. The van der Waals surface area contributed by atoms with Crippen LogP contribution in [0.5, 0.6) is 0 Å². The summed E-state index contributed by atoms with van der Waals surface area (Å²) in [5.41, 5.74) is 2.37. The number of aromatic carboxylic acids is 1. The molecular weight excluding hydrogens is 228 g/mol. The maximum atomic E-state index is 11.1. The lowest BCUT2D eigenvalue weighted by molar-refractivity contribution is 0.0696. The van der Waals surface area contributed by atoms with Gasteiger partial charge in [0.2, 0.25) is 0 Å². The summed E-state index contributed by atoms with van der Waals surface area (Å²) < 4.78 is 2.15. The van der Waals surface area contributed by atoms with E-state index >= 15 is 0 Å². The zero-order valence-corrected chi connectivity index (χ0v) is 11.4. The van der Waals surface area contributed by atoms with Gasteiger partial charge in [0.15, 0.2) is 0 Å². The molecule has 4 heteroatoms. The Morgan fingerprint density at radius 3 is 2.78 bits per heavy atom. The Labute approximate surface area is 108 Å². The molecule has 1 atom stereocenters. The molecule has 1 saturated heterocycles. The van der Waals surface area contributed by atoms with Crippen LogP contribution in [0.2, 0.25) is 0 Å². The van der Waals surface area contributed by atoms with Gasteiger partial charge in [0.1, 0.15) is 0 Å². The molecule has 0 aliphatic carbocycles. The summed E-state index contributed by atoms with van der Waals surface area (Å²) in [6.45, 7) is 9.25. The highest BCUT2D eigenvalue weighted by atomic mass is 16.4. The molecular formula is C14H22N2O2. The summed E-state index contributed by atoms with van der Waals surface area (Å²) >= 11 is 0. The van der Waals surface area contributed by atoms with Crippen LogP contribution >= 0.6 is 0 Å². The second-order valence-electron chi connectivity index (χ2n) is 5.13. The van der Waals surface area contributed by atoms with Crippen molar-refractivity contribution in [3.05, 3.63) is 23.0 Å². The molecule has 0 amide bonds. The topological polar surface area (TPSA) is 45.5 Å². The number of aromatic nitrogens is 1. The Kier molecular flexibility index (Phi) is 3.76. The highest BCUT2D eigenvalue weighted by Crippen LogP contribution is 2.22. The van der Waals surface area contributed by atoms with Crippen molar-refractivity contribution >= 4 is 5.97 Å². The van der Waals surface area contributed by atoms with E-state index < -0.39 is 5.97 Å². The molecule has 2 heterocycles. The molecule has 0 aromatic carbocycles. The lowest BCUT2D eigenvalue weighted by Gasteiger charge is -2.24. The van der Waals surface area contributed by atoms with Crippen LogP contribution in [0, 0.1) is 13.8 Å². The Balaban J connectivity index is 2.21. The number of likely N-dealkylation sites (tertiary alicyclic amines) is 1. The quantitative estimate of drug-likeness (QED) is 0.891. The number of rotatable bonds is 4. The smallest absolute Gasteiger partial charge is 0.337 e. The molecule has 1 N–H and O–H groups in total. The maximum Gasteiger partial charge on any atom is 0.337 e. The largest absolute Gasteiger partial charge is 0.478 e. The second-order valence-corrected chi connectivity index (χ2v) is 5.13. The van der Waals surface area contributed by atoms with Crippen LogP contribution in [0.15, 0.2) is 6.07 Å². The molecule has 4 nitrogen and oxygen atoms in total. The minimum absolute atomic E-state index is 0.438. The Morgan fingerprint density at radius 2 is 2.22 bits per heavy atom. The average molecular weight is 250 g/mol. The van der Waals surface area contributed by atoms with Crippen molar-refractivity contribution in [3.63, 3.8) is 0 Å². The SMILES string of the molecule is CCN1CCCC1Cn1c(C)cc(C(=O)O)c1C. The molecule has 0 saturated carbocycles. The number of likely N-dealkylation sites (N-methyl/N-ethyl adjacent to an activating group) is 1. The van der Waals surface area contributed by atoms with Crippen molar-refractivity contribution < 1.29 is 9.90 Å². The minimum Gasteiger partial charge on any atom is -0.478 e. The first-order valence-electron chi connectivity index (χ1n) is 6.68. The van der Waals surface area contributed by atoms with Crippen molar-refractivity contribution in [1.29, 1.82) is 0 Å². The number of carboxylic acids is 1. The number of carboxylic acid groups (broad SMARTS) is 1. The molecule has 1 aromatic rings. The molecule has 1 unspecified atom stereocenters. The van der Waals surface area contributed by atoms with Crippen LogP contribution in [-0.2, 0) is 6.54 Å². The molecule has 0 spiro atoms. The number of hydrogen-bond acceptors (Lipinski definition) is 2. The van der Waals surface area contributed by atoms with Gasteiger partial charge in [-0.05, 0) is 45.8 Å². The zero-order chi connectivity index (χ0) is 13.3. The number of hydrogen-bond donors (Lipinski definition) is 1. The summed E-state index contributed by atoms with van der Waals surface area (Å²) in [4.78, 5) is 13.6. The standard InChI is InChI=1S/C14H22N2O2/c1-4-15-7-5-6-12(15)9-16-10(2)8-13(11(16)3)14(17)18/h8,12H,4-7,9H2,1-3H3,(H,17,18).